The van der Waals surface area contributed by atoms with Gasteiger partial charge < -0.3 is 9.79 Å². The number of unbranched alkanes of at least 4 members (excludes halogenated alkanes) is 18. The van der Waals surface area contributed by atoms with E-state index in [9.17, 15) is 4.57 Å². The third kappa shape index (κ3) is 35.9. The molecule has 0 radical (unpaired) electrons. The molecule has 0 aromatic carbocycles. The summed E-state index contributed by atoms with van der Waals surface area (Å²) < 4.78 is 14.7. The zero-order valence-corrected chi connectivity index (χ0v) is 22.3. The monoisotopic (exact) mass is 468 g/mol. The van der Waals surface area contributed by atoms with Gasteiger partial charge in [-0.25, -0.2) is 4.57 Å². The molecule has 184 valence electrons. The summed E-state index contributed by atoms with van der Waals surface area (Å²) in [5, 5.41) is 0. The van der Waals surface area contributed by atoms with Crippen molar-refractivity contribution in [3.63, 3.8) is 0 Å². The van der Waals surface area contributed by atoms with E-state index >= 15 is 0 Å². The molecule has 1 unspecified atom stereocenters. The van der Waals surface area contributed by atoms with E-state index in [1.165, 1.54) is 115 Å². The van der Waals surface area contributed by atoms with Gasteiger partial charge in [-0.2, -0.15) is 0 Å². The molecule has 0 aromatic heterocycles. The van der Waals surface area contributed by atoms with Crippen molar-refractivity contribution in [2.24, 2.45) is 0 Å². The molecular formula is C24H54O4P2. The lowest BCUT2D eigenvalue weighted by Gasteiger charge is -2.05. The standard InChI is InChI=1S/C12H27O4P.C12H27P/c1-2-3-4-5-6-7-8-9-10-11-12-16-17(13,14)15;1-2-3-4-5-6-7-8-9-10-11-12-13/h2-12H2,1H3,(H2,13,14,15);2-13H2,1H3. The molecular weight excluding hydrogens is 414 g/mol. The van der Waals surface area contributed by atoms with Crippen molar-refractivity contribution in [2.45, 2.75) is 142 Å². The maximum Gasteiger partial charge on any atom is 0.469 e. The molecule has 6 heteroatoms. The smallest absolute Gasteiger partial charge is 0.303 e. The Labute approximate surface area is 191 Å². The summed E-state index contributed by atoms with van der Waals surface area (Å²) in [4.78, 5) is 16.9. The number of phosphoric ester groups is 1. The van der Waals surface area contributed by atoms with Gasteiger partial charge in [0.15, 0.2) is 0 Å². The lowest BCUT2D eigenvalue weighted by molar-refractivity contribution is 0.193. The minimum Gasteiger partial charge on any atom is -0.303 e. The predicted molar refractivity (Wildman–Crippen MR) is 136 cm³/mol. The molecule has 0 aromatic rings. The van der Waals surface area contributed by atoms with E-state index in [2.05, 4.69) is 27.6 Å². The van der Waals surface area contributed by atoms with E-state index < -0.39 is 7.82 Å². The van der Waals surface area contributed by atoms with E-state index in [4.69, 9.17) is 9.79 Å². The van der Waals surface area contributed by atoms with Crippen LogP contribution in [0.5, 0.6) is 0 Å². The minimum atomic E-state index is -4.24. The van der Waals surface area contributed by atoms with Crippen LogP contribution in [0.2, 0.25) is 0 Å². The van der Waals surface area contributed by atoms with Crippen molar-refractivity contribution in [1.82, 2.24) is 0 Å². The molecule has 0 fully saturated rings. The Hall–Kier alpha value is 0.540. The van der Waals surface area contributed by atoms with E-state index in [0.29, 0.717) is 0 Å². The Bertz CT molecular complexity index is 338. The van der Waals surface area contributed by atoms with Gasteiger partial charge in [0.05, 0.1) is 6.61 Å². The maximum absolute atomic E-state index is 10.4. The van der Waals surface area contributed by atoms with Crippen LogP contribution < -0.4 is 0 Å². The molecule has 0 bridgehead atoms. The molecule has 0 spiro atoms. The fourth-order valence-corrected chi connectivity index (χ4v) is 4.06. The molecule has 2 N–H and O–H groups in total. The Morgan fingerprint density at radius 2 is 0.867 bits per heavy atom. The first-order chi connectivity index (χ1) is 14.5. The summed E-state index contributed by atoms with van der Waals surface area (Å²) in [6, 6.07) is 0. The van der Waals surface area contributed by atoms with Gasteiger partial charge in [0, 0.05) is 0 Å². The van der Waals surface area contributed by atoms with Gasteiger partial charge in [-0.05, 0) is 19.0 Å². The Balaban J connectivity index is 0. The second-order valence-electron chi connectivity index (χ2n) is 8.48. The quantitative estimate of drug-likeness (QED) is 0.123. The molecule has 0 rings (SSSR count). The summed E-state index contributed by atoms with van der Waals surface area (Å²) in [6.45, 7) is 4.67. The second kappa shape index (κ2) is 27.6. The van der Waals surface area contributed by atoms with E-state index in [1.807, 2.05) is 0 Å². The lowest BCUT2D eigenvalue weighted by Crippen LogP contribution is -1.92. The first-order valence-electron chi connectivity index (χ1n) is 12.9. The van der Waals surface area contributed by atoms with Crippen molar-refractivity contribution in [3.05, 3.63) is 0 Å². The van der Waals surface area contributed by atoms with Crippen LogP contribution >= 0.6 is 17.1 Å². The van der Waals surface area contributed by atoms with Gasteiger partial charge in [-0.3, -0.25) is 4.52 Å². The highest BCUT2D eigenvalue weighted by Crippen LogP contribution is 2.35. The van der Waals surface area contributed by atoms with E-state index in [-0.39, 0.29) is 6.61 Å². The van der Waals surface area contributed by atoms with Crippen LogP contribution in [0.3, 0.4) is 0 Å². The highest BCUT2D eigenvalue weighted by Gasteiger charge is 2.12. The van der Waals surface area contributed by atoms with E-state index in [0.717, 1.165) is 19.3 Å². The van der Waals surface area contributed by atoms with Gasteiger partial charge in [0.25, 0.3) is 0 Å². The molecule has 0 saturated carbocycles. The van der Waals surface area contributed by atoms with Crippen LogP contribution in [0.15, 0.2) is 0 Å². The largest absolute Gasteiger partial charge is 0.469 e. The molecule has 30 heavy (non-hydrogen) atoms. The van der Waals surface area contributed by atoms with Crippen LogP contribution in [0.25, 0.3) is 0 Å². The fourth-order valence-electron chi connectivity index (χ4n) is 3.40. The summed E-state index contributed by atoms with van der Waals surface area (Å²) in [7, 11) is -1.44. The zero-order valence-electron chi connectivity index (χ0n) is 20.3. The third-order valence-corrected chi connectivity index (χ3v) is 6.24. The predicted octanol–water partition coefficient (Wildman–Crippen LogP) is 8.80. The van der Waals surface area contributed by atoms with Gasteiger partial charge >= 0.3 is 7.82 Å². The van der Waals surface area contributed by atoms with Crippen molar-refractivity contribution in [2.75, 3.05) is 12.8 Å². The van der Waals surface area contributed by atoms with Crippen molar-refractivity contribution < 1.29 is 18.9 Å². The first kappa shape index (κ1) is 32.7. The third-order valence-electron chi connectivity index (χ3n) is 5.32. The highest BCUT2D eigenvalue weighted by atomic mass is 31.2. The van der Waals surface area contributed by atoms with Crippen molar-refractivity contribution >= 4 is 17.1 Å². The highest BCUT2D eigenvalue weighted by molar-refractivity contribution is 7.46. The van der Waals surface area contributed by atoms with Crippen LogP contribution in [-0.2, 0) is 9.09 Å². The summed E-state index contributed by atoms with van der Waals surface area (Å²) in [5.41, 5.74) is 0. The first-order valence-corrected chi connectivity index (χ1v) is 15.2. The van der Waals surface area contributed by atoms with Crippen LogP contribution in [-0.4, -0.2) is 22.6 Å². The lowest BCUT2D eigenvalue weighted by atomic mass is 10.1. The second-order valence-corrected chi connectivity index (χ2v) is 10.3. The van der Waals surface area contributed by atoms with Gasteiger partial charge in [-0.1, -0.05) is 129 Å². The minimum absolute atomic E-state index is 0.167. The number of phosphoric acid groups is 1. The molecule has 0 heterocycles. The van der Waals surface area contributed by atoms with Crippen molar-refractivity contribution in [3.8, 4) is 0 Å². The topological polar surface area (TPSA) is 66.8 Å². The molecule has 0 aliphatic carbocycles. The Kier molecular flexibility index (Phi) is 30.1. The van der Waals surface area contributed by atoms with Crippen LogP contribution in [0.4, 0.5) is 0 Å². The zero-order chi connectivity index (χ0) is 22.8. The summed E-state index contributed by atoms with van der Waals surface area (Å²) in [6.07, 6.45) is 27.8. The molecule has 1 atom stereocenters. The molecule has 0 amide bonds. The maximum atomic E-state index is 10.4. The molecule has 0 aliphatic rings. The summed E-state index contributed by atoms with van der Waals surface area (Å²) >= 11 is 0. The molecule has 0 aliphatic heterocycles. The number of hydrogen-bond acceptors (Lipinski definition) is 2. The Morgan fingerprint density at radius 1 is 0.567 bits per heavy atom. The fraction of sp³-hybridized carbons (Fsp3) is 1.00. The number of hydrogen-bond donors (Lipinski definition) is 2. The van der Waals surface area contributed by atoms with Gasteiger partial charge in [-0.15, -0.1) is 9.24 Å². The van der Waals surface area contributed by atoms with E-state index in [1.54, 1.807) is 0 Å². The van der Waals surface area contributed by atoms with Crippen LogP contribution in [0, 0.1) is 0 Å². The Morgan fingerprint density at radius 3 is 1.17 bits per heavy atom. The normalized spacial score (nSPS) is 11.4. The molecule has 0 saturated heterocycles. The van der Waals surface area contributed by atoms with Gasteiger partial charge in [0.2, 0.25) is 0 Å². The molecule has 4 nitrogen and oxygen atoms in total. The van der Waals surface area contributed by atoms with Crippen molar-refractivity contribution in [1.29, 1.82) is 0 Å². The van der Waals surface area contributed by atoms with Gasteiger partial charge in [0.1, 0.15) is 0 Å². The number of rotatable bonds is 22. The van der Waals surface area contributed by atoms with Crippen LogP contribution in [0.1, 0.15) is 142 Å². The average molecular weight is 469 g/mol. The SMILES string of the molecule is CCCCCCCCCCCCOP(=O)(O)O.CCCCCCCCCCCCP. The average Bonchev–Trinajstić information content (AvgIpc) is 2.70. The summed E-state index contributed by atoms with van der Waals surface area (Å²) in [5.74, 6) is 0.